The molecule has 0 aliphatic carbocycles. The van der Waals surface area contributed by atoms with Gasteiger partial charge in [0.2, 0.25) is 0 Å². The van der Waals surface area contributed by atoms with Crippen LogP contribution in [0.25, 0.3) is 5.52 Å². The molecule has 2 N–H and O–H groups in total. The maximum atomic E-state index is 9.68. The summed E-state index contributed by atoms with van der Waals surface area (Å²) in [6.45, 7) is -0.0914. The Labute approximate surface area is 180 Å². The van der Waals surface area contributed by atoms with Crippen molar-refractivity contribution in [3.05, 3.63) is 132 Å². The van der Waals surface area contributed by atoms with Crippen molar-refractivity contribution >= 4 is 11.3 Å². The molecule has 5 aromatic rings. The molecule has 0 fully saturated rings. The third-order valence-corrected chi connectivity index (χ3v) is 5.62. The largest absolute Gasteiger partial charge is 0.390 e. The topological polar surface area (TPSA) is 62.5 Å². The van der Waals surface area contributed by atoms with Crippen molar-refractivity contribution in [2.24, 2.45) is 0 Å². The minimum Gasteiger partial charge on any atom is -0.390 e. The molecular formula is C26H22N4O. The second-order valence-electron chi connectivity index (χ2n) is 7.36. The molecule has 0 amide bonds. The first-order valence-electron chi connectivity index (χ1n) is 10.2. The monoisotopic (exact) mass is 406 g/mol. The van der Waals surface area contributed by atoms with E-state index in [0.29, 0.717) is 11.5 Å². The molecule has 0 radical (unpaired) electrons. The second kappa shape index (κ2) is 8.05. The number of nitrogens with zero attached hydrogens (tertiary/aromatic N) is 3. The van der Waals surface area contributed by atoms with E-state index in [2.05, 4.69) is 51.8 Å². The van der Waals surface area contributed by atoms with Crippen LogP contribution < -0.4 is 5.32 Å². The highest BCUT2D eigenvalue weighted by molar-refractivity contribution is 5.72. The van der Waals surface area contributed by atoms with E-state index < -0.39 is 5.54 Å². The molecule has 3 aromatic carbocycles. The molecule has 5 nitrogen and oxygen atoms in total. The predicted octanol–water partition coefficient (Wildman–Crippen LogP) is 4.63. The van der Waals surface area contributed by atoms with Gasteiger partial charge in [-0.25, -0.2) is 9.50 Å². The van der Waals surface area contributed by atoms with E-state index in [-0.39, 0.29) is 6.61 Å². The predicted molar refractivity (Wildman–Crippen MR) is 122 cm³/mol. The Morgan fingerprint density at radius 2 is 1.23 bits per heavy atom. The Bertz CT molecular complexity index is 1190. The number of rotatable bonds is 6. The molecule has 0 unspecified atom stereocenters. The van der Waals surface area contributed by atoms with Gasteiger partial charge in [-0.15, -0.1) is 0 Å². The van der Waals surface area contributed by atoms with Gasteiger partial charge in [-0.1, -0.05) is 91.0 Å². The van der Waals surface area contributed by atoms with Crippen LogP contribution in [-0.2, 0) is 12.1 Å². The lowest BCUT2D eigenvalue weighted by Gasteiger charge is -2.37. The van der Waals surface area contributed by atoms with E-state index in [1.165, 1.54) is 6.33 Å². The van der Waals surface area contributed by atoms with Crippen molar-refractivity contribution in [1.82, 2.24) is 14.6 Å². The highest BCUT2D eigenvalue weighted by Gasteiger charge is 2.37. The van der Waals surface area contributed by atoms with E-state index in [0.717, 1.165) is 22.2 Å². The van der Waals surface area contributed by atoms with Gasteiger partial charge in [0.1, 0.15) is 17.4 Å². The van der Waals surface area contributed by atoms with Crippen LogP contribution >= 0.6 is 0 Å². The number of aliphatic hydroxyl groups is 1. The molecule has 152 valence electrons. The lowest BCUT2D eigenvalue weighted by Crippen LogP contribution is -2.38. The van der Waals surface area contributed by atoms with Crippen molar-refractivity contribution in [3.8, 4) is 0 Å². The Morgan fingerprint density at radius 3 is 1.71 bits per heavy atom. The number of benzene rings is 3. The van der Waals surface area contributed by atoms with Gasteiger partial charge in [0, 0.05) is 0 Å². The summed E-state index contributed by atoms with van der Waals surface area (Å²) in [5, 5.41) is 17.8. The number of fused-ring (bicyclic) bond motifs is 1. The number of anilines is 1. The quantitative estimate of drug-likeness (QED) is 0.404. The fourth-order valence-electron chi connectivity index (χ4n) is 4.16. The van der Waals surface area contributed by atoms with E-state index >= 15 is 0 Å². The van der Waals surface area contributed by atoms with Crippen molar-refractivity contribution in [2.75, 3.05) is 5.32 Å². The zero-order chi connectivity index (χ0) is 21.1. The molecule has 0 atom stereocenters. The Balaban J connectivity index is 1.80. The van der Waals surface area contributed by atoms with Crippen molar-refractivity contribution in [1.29, 1.82) is 0 Å². The summed E-state index contributed by atoms with van der Waals surface area (Å²) in [7, 11) is 0. The Kier molecular flexibility index (Phi) is 4.94. The Hall–Kier alpha value is -3.96. The van der Waals surface area contributed by atoms with Crippen LogP contribution in [0.2, 0.25) is 0 Å². The molecule has 0 aliphatic rings. The summed E-state index contributed by atoms with van der Waals surface area (Å²) in [4.78, 5) is 4.59. The molecule has 5 rings (SSSR count). The second-order valence-corrected chi connectivity index (χ2v) is 7.36. The van der Waals surface area contributed by atoms with Gasteiger partial charge in [-0.2, -0.15) is 5.10 Å². The lowest BCUT2D eigenvalue weighted by atomic mass is 9.77. The third-order valence-electron chi connectivity index (χ3n) is 5.62. The highest BCUT2D eigenvalue weighted by atomic mass is 16.3. The molecule has 0 saturated carbocycles. The maximum absolute atomic E-state index is 9.68. The van der Waals surface area contributed by atoms with Gasteiger partial charge < -0.3 is 10.4 Å². The number of hydrogen-bond acceptors (Lipinski definition) is 4. The average molecular weight is 406 g/mol. The summed E-state index contributed by atoms with van der Waals surface area (Å²) in [6, 6.07) is 34.9. The van der Waals surface area contributed by atoms with Crippen LogP contribution in [0.3, 0.4) is 0 Å². The van der Waals surface area contributed by atoms with E-state index in [1.807, 2.05) is 66.7 Å². The molecule has 0 bridgehead atoms. The van der Waals surface area contributed by atoms with Crippen LogP contribution in [0.5, 0.6) is 0 Å². The van der Waals surface area contributed by atoms with Crippen LogP contribution in [-0.4, -0.2) is 19.7 Å². The smallest absolute Gasteiger partial charge is 0.155 e. The molecule has 0 spiro atoms. The molecule has 5 heteroatoms. The summed E-state index contributed by atoms with van der Waals surface area (Å²) in [5.41, 5.74) is 4.13. The normalized spacial score (nSPS) is 11.5. The van der Waals surface area contributed by atoms with Crippen molar-refractivity contribution in [2.45, 2.75) is 12.1 Å². The fourth-order valence-corrected chi connectivity index (χ4v) is 4.16. The molecule has 31 heavy (non-hydrogen) atoms. The standard InChI is InChI=1S/C26H22N4O/c31-18-23-16-17-24-25(27-19-28-30(23)24)29-26(20-10-4-1-5-11-20,21-12-6-2-7-13-21)22-14-8-3-9-15-22/h1-17,19,31H,18H2,(H,27,28,29). The maximum Gasteiger partial charge on any atom is 0.155 e. The zero-order valence-corrected chi connectivity index (χ0v) is 16.9. The van der Waals surface area contributed by atoms with Gasteiger partial charge in [0.05, 0.1) is 12.3 Å². The number of hydrogen-bond donors (Lipinski definition) is 2. The lowest BCUT2D eigenvalue weighted by molar-refractivity contribution is 0.274. The first-order valence-corrected chi connectivity index (χ1v) is 10.2. The Morgan fingerprint density at radius 1 is 0.710 bits per heavy atom. The summed E-state index contributed by atoms with van der Waals surface area (Å²) in [5.74, 6) is 0.686. The van der Waals surface area contributed by atoms with Gasteiger partial charge in [0.15, 0.2) is 5.82 Å². The molecule has 2 aromatic heterocycles. The van der Waals surface area contributed by atoms with E-state index in [9.17, 15) is 5.11 Å². The van der Waals surface area contributed by atoms with Crippen LogP contribution in [0.1, 0.15) is 22.4 Å². The molecule has 2 heterocycles. The van der Waals surface area contributed by atoms with Gasteiger partial charge in [0.25, 0.3) is 0 Å². The number of aromatic nitrogens is 3. The minimum atomic E-state index is -0.678. The SMILES string of the molecule is OCc1ccc2c(NC(c3ccccc3)(c3ccccc3)c3ccccc3)ncnn12. The van der Waals surface area contributed by atoms with Crippen LogP contribution in [0.15, 0.2) is 109 Å². The minimum absolute atomic E-state index is 0.0914. The van der Waals surface area contributed by atoms with Crippen LogP contribution in [0, 0.1) is 0 Å². The van der Waals surface area contributed by atoms with Crippen LogP contribution in [0.4, 0.5) is 5.82 Å². The molecule has 0 aliphatic heterocycles. The van der Waals surface area contributed by atoms with Crippen molar-refractivity contribution < 1.29 is 5.11 Å². The van der Waals surface area contributed by atoms with Crippen molar-refractivity contribution in [3.63, 3.8) is 0 Å². The molecule has 0 saturated heterocycles. The first kappa shape index (κ1) is 19.0. The zero-order valence-electron chi connectivity index (χ0n) is 16.9. The third kappa shape index (κ3) is 3.25. The molecular weight excluding hydrogens is 384 g/mol. The average Bonchev–Trinajstić information content (AvgIpc) is 3.28. The van der Waals surface area contributed by atoms with Gasteiger partial charge in [-0.3, -0.25) is 0 Å². The van der Waals surface area contributed by atoms with Gasteiger partial charge >= 0.3 is 0 Å². The fraction of sp³-hybridized carbons (Fsp3) is 0.0769. The van der Waals surface area contributed by atoms with E-state index in [4.69, 9.17) is 0 Å². The summed E-state index contributed by atoms with van der Waals surface area (Å²) < 4.78 is 1.72. The summed E-state index contributed by atoms with van der Waals surface area (Å²) in [6.07, 6.45) is 1.51. The van der Waals surface area contributed by atoms with E-state index in [1.54, 1.807) is 4.52 Å². The summed E-state index contributed by atoms with van der Waals surface area (Å²) >= 11 is 0. The highest BCUT2D eigenvalue weighted by Crippen LogP contribution is 2.40. The first-order chi connectivity index (χ1) is 15.3. The number of aliphatic hydroxyl groups excluding tert-OH is 1. The number of nitrogens with one attached hydrogen (secondary N) is 1. The van der Waals surface area contributed by atoms with Gasteiger partial charge in [-0.05, 0) is 28.8 Å².